The van der Waals surface area contributed by atoms with Crippen molar-refractivity contribution in [2.75, 3.05) is 20.0 Å². The quantitative estimate of drug-likeness (QED) is 0.613. The van der Waals surface area contributed by atoms with Crippen molar-refractivity contribution in [1.29, 1.82) is 0 Å². The Morgan fingerprint density at radius 2 is 2.13 bits per heavy atom. The Kier molecular flexibility index (Phi) is 4.94. The van der Waals surface area contributed by atoms with Gasteiger partial charge >= 0.3 is 0 Å². The summed E-state index contributed by atoms with van der Waals surface area (Å²) >= 11 is 12.6. The van der Waals surface area contributed by atoms with Gasteiger partial charge in [-0.2, -0.15) is 0 Å². The summed E-state index contributed by atoms with van der Waals surface area (Å²) in [7, 11) is 1.56. The largest absolute Gasteiger partial charge is 0.442 e. The van der Waals surface area contributed by atoms with Crippen LogP contribution in [0.3, 0.4) is 0 Å². The molecule has 0 saturated heterocycles. The lowest BCUT2D eigenvalue weighted by molar-refractivity contribution is 0.395. The van der Waals surface area contributed by atoms with Gasteiger partial charge in [0.05, 0.1) is 4.90 Å². The number of benzene rings is 1. The van der Waals surface area contributed by atoms with E-state index in [4.69, 9.17) is 32.5 Å². The molecule has 0 heterocycles. The third-order valence-corrected chi connectivity index (χ3v) is 4.58. The van der Waals surface area contributed by atoms with Crippen LogP contribution in [0.25, 0.3) is 0 Å². The molecule has 0 aliphatic heterocycles. The van der Waals surface area contributed by atoms with Crippen molar-refractivity contribution in [3.8, 4) is 5.75 Å². The van der Waals surface area contributed by atoms with Crippen LogP contribution in [0.1, 0.15) is 0 Å². The molecular weight excluding hydrogens is 271 g/mol. The van der Waals surface area contributed by atoms with Crippen LogP contribution in [0.15, 0.2) is 23.1 Å². The zero-order valence-corrected chi connectivity index (χ0v) is 12.0. The van der Waals surface area contributed by atoms with Gasteiger partial charge in [-0.25, -0.2) is 0 Å². The average molecular weight is 283 g/mol. The van der Waals surface area contributed by atoms with Crippen LogP contribution in [0, 0.1) is 0 Å². The van der Waals surface area contributed by atoms with Gasteiger partial charge in [-0.3, -0.25) is 0 Å². The van der Waals surface area contributed by atoms with E-state index in [-0.39, 0.29) is 0 Å². The van der Waals surface area contributed by atoms with Crippen LogP contribution in [0.2, 0.25) is 5.02 Å². The lowest BCUT2D eigenvalue weighted by Crippen LogP contribution is -1.94. The molecule has 0 spiro atoms. The van der Waals surface area contributed by atoms with Crippen LogP contribution in [0.5, 0.6) is 5.75 Å². The number of thioether (sulfide) groups is 1. The van der Waals surface area contributed by atoms with Gasteiger partial charge in [0.1, 0.15) is 5.75 Å². The Hall–Kier alpha value is 0.270. The van der Waals surface area contributed by atoms with E-state index in [0.29, 0.717) is 5.02 Å². The third-order valence-electron chi connectivity index (χ3n) is 1.72. The molecule has 1 aromatic carbocycles. The zero-order valence-electron chi connectivity index (χ0n) is 8.69. The summed E-state index contributed by atoms with van der Waals surface area (Å²) in [6.07, 6.45) is 1.96. The van der Waals surface area contributed by atoms with E-state index in [1.807, 2.05) is 18.4 Å². The van der Waals surface area contributed by atoms with Gasteiger partial charge in [0.2, 0.25) is 6.49 Å². The van der Waals surface area contributed by atoms with E-state index < -0.39 is 6.49 Å². The lowest BCUT2D eigenvalue weighted by atomic mass is 10.3. The molecule has 1 unspecified atom stereocenters. The molecule has 2 nitrogen and oxygen atoms in total. The molecule has 6 heteroatoms. The van der Waals surface area contributed by atoms with Crippen molar-refractivity contribution in [2.45, 2.75) is 4.90 Å². The molecule has 0 N–H and O–H groups in total. The summed E-state index contributed by atoms with van der Waals surface area (Å²) in [4.78, 5) is 0.968. The second-order valence-corrected chi connectivity index (χ2v) is 8.21. The van der Waals surface area contributed by atoms with Gasteiger partial charge in [0.15, 0.2) is 0 Å². The van der Waals surface area contributed by atoms with Crippen LogP contribution >= 0.6 is 29.9 Å². The highest BCUT2D eigenvalue weighted by Crippen LogP contribution is 2.46. The highest BCUT2D eigenvalue weighted by Gasteiger charge is 2.13. The molecule has 0 aromatic heterocycles. The van der Waals surface area contributed by atoms with Crippen LogP contribution < -0.4 is 4.52 Å². The molecule has 84 valence electrons. The molecule has 0 saturated carbocycles. The second-order valence-electron chi connectivity index (χ2n) is 2.84. The average Bonchev–Trinajstić information content (AvgIpc) is 2.20. The Balaban J connectivity index is 2.99. The van der Waals surface area contributed by atoms with Crippen molar-refractivity contribution in [3.05, 3.63) is 23.2 Å². The minimum absolute atomic E-state index is 0.688. The molecule has 0 radical (unpaired) electrons. The van der Waals surface area contributed by atoms with Crippen LogP contribution in [-0.4, -0.2) is 20.0 Å². The summed E-state index contributed by atoms with van der Waals surface area (Å²) < 4.78 is 10.8. The van der Waals surface area contributed by atoms with Crippen molar-refractivity contribution < 1.29 is 9.05 Å². The van der Waals surface area contributed by atoms with Gasteiger partial charge < -0.3 is 9.05 Å². The van der Waals surface area contributed by atoms with Crippen molar-refractivity contribution in [2.24, 2.45) is 0 Å². The topological polar surface area (TPSA) is 18.5 Å². The minimum Gasteiger partial charge on any atom is -0.442 e. The van der Waals surface area contributed by atoms with Gasteiger partial charge in [0.25, 0.3) is 0 Å². The Bertz CT molecular complexity index is 398. The number of hydrogen-bond donors (Lipinski definition) is 0. The monoisotopic (exact) mass is 282 g/mol. The summed E-state index contributed by atoms with van der Waals surface area (Å²) in [5, 5.41) is 0.688. The first-order valence-electron chi connectivity index (χ1n) is 4.15. The van der Waals surface area contributed by atoms with E-state index in [1.165, 1.54) is 0 Å². The van der Waals surface area contributed by atoms with Gasteiger partial charge in [0, 0.05) is 18.8 Å². The number of rotatable bonds is 4. The fraction of sp³-hybridized carbons (Fsp3) is 0.333. The predicted molar refractivity (Wildman–Crippen MR) is 71.1 cm³/mol. The van der Waals surface area contributed by atoms with Crippen LogP contribution in [-0.2, 0) is 16.3 Å². The molecule has 1 atom stereocenters. The number of hydrogen-bond acceptors (Lipinski definition) is 4. The smallest absolute Gasteiger partial charge is 0.234 e. The molecule has 0 aliphatic carbocycles. The third kappa shape index (κ3) is 3.97. The Morgan fingerprint density at radius 1 is 1.47 bits per heavy atom. The standard InChI is InChI=1S/C9H12ClO2PS2/c1-11-13(2,14)12-8-5-4-7(10)6-9(8)15-3/h4-6H,1-3H3. The molecule has 0 amide bonds. The maximum Gasteiger partial charge on any atom is 0.234 e. The fourth-order valence-electron chi connectivity index (χ4n) is 0.933. The minimum atomic E-state index is -2.17. The summed E-state index contributed by atoms with van der Waals surface area (Å²) in [6.45, 7) is -0.381. The Morgan fingerprint density at radius 3 is 2.67 bits per heavy atom. The molecule has 0 aliphatic rings. The summed E-state index contributed by atoms with van der Waals surface area (Å²) in [5.74, 6) is 0.736. The lowest BCUT2D eigenvalue weighted by Gasteiger charge is -2.18. The van der Waals surface area contributed by atoms with E-state index in [1.54, 1.807) is 31.6 Å². The first kappa shape index (κ1) is 13.3. The zero-order chi connectivity index (χ0) is 11.5. The highest BCUT2D eigenvalue weighted by molar-refractivity contribution is 8.09. The normalized spacial score (nSPS) is 14.7. The first-order valence-corrected chi connectivity index (χ1v) is 8.83. The second kappa shape index (κ2) is 5.55. The van der Waals surface area contributed by atoms with Gasteiger partial charge in [-0.15, -0.1) is 11.8 Å². The maximum absolute atomic E-state index is 5.88. The summed E-state index contributed by atoms with van der Waals surface area (Å²) in [5.41, 5.74) is 0. The van der Waals surface area contributed by atoms with E-state index in [9.17, 15) is 0 Å². The van der Waals surface area contributed by atoms with Crippen molar-refractivity contribution in [3.63, 3.8) is 0 Å². The van der Waals surface area contributed by atoms with Gasteiger partial charge in [-0.1, -0.05) is 11.6 Å². The first-order chi connectivity index (χ1) is 6.98. The molecule has 0 bridgehead atoms. The fourth-order valence-corrected chi connectivity index (χ4v) is 2.62. The molecule has 1 aromatic rings. The van der Waals surface area contributed by atoms with Crippen molar-refractivity contribution in [1.82, 2.24) is 0 Å². The van der Waals surface area contributed by atoms with Crippen molar-refractivity contribution >= 4 is 41.7 Å². The highest BCUT2D eigenvalue weighted by atomic mass is 35.5. The van der Waals surface area contributed by atoms with E-state index in [0.717, 1.165) is 10.6 Å². The summed E-state index contributed by atoms with van der Waals surface area (Å²) in [6, 6.07) is 5.45. The SMILES string of the molecule is COP(C)(=S)Oc1ccc(Cl)cc1SC. The molecule has 15 heavy (non-hydrogen) atoms. The molecular formula is C9H12ClO2PS2. The maximum atomic E-state index is 5.88. The van der Waals surface area contributed by atoms with E-state index in [2.05, 4.69) is 0 Å². The Labute approximate surface area is 104 Å². The van der Waals surface area contributed by atoms with Crippen LogP contribution in [0.4, 0.5) is 0 Å². The van der Waals surface area contributed by atoms with E-state index >= 15 is 0 Å². The van der Waals surface area contributed by atoms with Gasteiger partial charge in [-0.05, 0) is 36.3 Å². The molecule has 1 rings (SSSR count). The molecule has 0 fully saturated rings. The number of halogens is 1. The predicted octanol–water partition coefficient (Wildman–Crippen LogP) is 4.03.